The molecule has 2 N–H and O–H groups in total. The van der Waals surface area contributed by atoms with Gasteiger partial charge in [-0.15, -0.1) is 0 Å². The van der Waals surface area contributed by atoms with E-state index in [1.54, 1.807) is 0 Å². The van der Waals surface area contributed by atoms with Crippen molar-refractivity contribution in [3.8, 4) is 0 Å². The van der Waals surface area contributed by atoms with Crippen LogP contribution < -0.4 is 5.73 Å². The minimum atomic E-state index is 0.0503. The molecule has 0 amide bonds. The van der Waals surface area contributed by atoms with Gasteiger partial charge in [-0.05, 0) is 69.7 Å². The molecule has 1 aromatic rings. The number of benzene rings is 1. The van der Waals surface area contributed by atoms with Crippen LogP contribution in [-0.4, -0.2) is 23.5 Å². The number of likely N-dealkylation sites (tertiary alicyclic amines) is 1. The molecular weight excluding hydrogens is 244 g/mol. The van der Waals surface area contributed by atoms with Crippen molar-refractivity contribution >= 4 is 0 Å². The van der Waals surface area contributed by atoms with Gasteiger partial charge in [-0.1, -0.05) is 30.7 Å². The fourth-order valence-corrected chi connectivity index (χ4v) is 3.65. The smallest absolute Gasteiger partial charge is 0.0476 e. The van der Waals surface area contributed by atoms with Gasteiger partial charge in [-0.2, -0.15) is 0 Å². The first kappa shape index (κ1) is 14.1. The summed E-state index contributed by atoms with van der Waals surface area (Å²) in [6, 6.07) is 9.16. The molecule has 1 heterocycles. The van der Waals surface area contributed by atoms with Crippen molar-refractivity contribution in [1.29, 1.82) is 0 Å². The van der Waals surface area contributed by atoms with E-state index in [0.29, 0.717) is 0 Å². The molecule has 0 spiro atoms. The fraction of sp³-hybridized carbons (Fsp3) is 0.667. The van der Waals surface area contributed by atoms with Crippen LogP contribution in [0.5, 0.6) is 0 Å². The van der Waals surface area contributed by atoms with E-state index in [1.165, 1.54) is 56.3 Å². The van der Waals surface area contributed by atoms with E-state index < -0.39 is 0 Å². The summed E-state index contributed by atoms with van der Waals surface area (Å²) in [4.78, 5) is 2.56. The van der Waals surface area contributed by atoms with Gasteiger partial charge in [0.15, 0.2) is 0 Å². The molecule has 110 valence electrons. The number of rotatable bonds is 4. The number of nitrogens with two attached hydrogens (primary N) is 1. The normalized spacial score (nSPS) is 22.8. The molecule has 0 bridgehead atoms. The predicted octanol–water partition coefficient (Wildman–Crippen LogP) is 3.83. The molecule has 2 fully saturated rings. The first-order chi connectivity index (χ1) is 9.59. The Labute approximate surface area is 123 Å². The van der Waals surface area contributed by atoms with E-state index in [9.17, 15) is 0 Å². The topological polar surface area (TPSA) is 29.3 Å². The van der Waals surface area contributed by atoms with Crippen molar-refractivity contribution in [2.45, 2.75) is 63.5 Å². The third-order valence-corrected chi connectivity index (χ3v) is 5.53. The van der Waals surface area contributed by atoms with Crippen LogP contribution in [0.15, 0.2) is 24.3 Å². The lowest BCUT2D eigenvalue weighted by Gasteiger charge is -2.41. The standard InChI is InChI=1S/C18H28N2/c1-18(2,20-11-3-4-12-20)17(19)16-10-6-9-15(13-16)14-7-5-8-14/h6,9-10,13-14,17H,3-5,7-8,11-12,19H2,1-2H3. The molecule has 3 rings (SSSR count). The van der Waals surface area contributed by atoms with Crippen LogP contribution in [-0.2, 0) is 0 Å². The van der Waals surface area contributed by atoms with Gasteiger partial charge in [-0.3, -0.25) is 4.90 Å². The highest BCUT2D eigenvalue weighted by Gasteiger charge is 2.35. The summed E-state index contributed by atoms with van der Waals surface area (Å²) < 4.78 is 0. The average molecular weight is 272 g/mol. The van der Waals surface area contributed by atoms with Gasteiger partial charge in [0.1, 0.15) is 0 Å². The molecule has 1 unspecified atom stereocenters. The summed E-state index contributed by atoms with van der Waals surface area (Å²) >= 11 is 0. The Morgan fingerprint density at radius 2 is 1.85 bits per heavy atom. The monoisotopic (exact) mass is 272 g/mol. The zero-order valence-corrected chi connectivity index (χ0v) is 12.9. The van der Waals surface area contributed by atoms with Gasteiger partial charge >= 0.3 is 0 Å². The molecule has 1 aromatic carbocycles. The molecule has 0 radical (unpaired) electrons. The van der Waals surface area contributed by atoms with Gasteiger partial charge < -0.3 is 5.73 Å². The van der Waals surface area contributed by atoms with Gasteiger partial charge in [0.2, 0.25) is 0 Å². The maximum absolute atomic E-state index is 6.64. The zero-order valence-electron chi connectivity index (χ0n) is 12.9. The summed E-state index contributed by atoms with van der Waals surface area (Å²) in [6.45, 7) is 7.00. The van der Waals surface area contributed by atoms with Crippen LogP contribution in [0, 0.1) is 0 Å². The quantitative estimate of drug-likeness (QED) is 0.902. The second kappa shape index (κ2) is 5.50. The first-order valence-corrected chi connectivity index (χ1v) is 8.19. The van der Waals surface area contributed by atoms with E-state index in [4.69, 9.17) is 5.73 Å². The number of nitrogens with zero attached hydrogens (tertiary/aromatic N) is 1. The Balaban J connectivity index is 1.80. The Kier molecular flexibility index (Phi) is 3.87. The van der Waals surface area contributed by atoms with Crippen molar-refractivity contribution in [2.24, 2.45) is 5.73 Å². The molecule has 2 heteroatoms. The molecule has 20 heavy (non-hydrogen) atoms. The molecule has 1 atom stereocenters. The van der Waals surface area contributed by atoms with Crippen LogP contribution >= 0.6 is 0 Å². The third-order valence-electron chi connectivity index (χ3n) is 5.53. The van der Waals surface area contributed by atoms with E-state index in [1.807, 2.05) is 0 Å². The Hall–Kier alpha value is -0.860. The third kappa shape index (κ3) is 2.51. The lowest BCUT2D eigenvalue weighted by molar-refractivity contribution is 0.124. The van der Waals surface area contributed by atoms with Gasteiger partial charge in [0.25, 0.3) is 0 Å². The van der Waals surface area contributed by atoms with Crippen LogP contribution in [0.2, 0.25) is 0 Å². The van der Waals surface area contributed by atoms with Gasteiger partial charge in [-0.25, -0.2) is 0 Å². The van der Waals surface area contributed by atoms with Crippen molar-refractivity contribution in [3.63, 3.8) is 0 Å². The molecule has 1 saturated heterocycles. The highest BCUT2D eigenvalue weighted by molar-refractivity contribution is 5.31. The molecule has 1 aliphatic heterocycles. The lowest BCUT2D eigenvalue weighted by atomic mass is 9.78. The molecule has 0 aromatic heterocycles. The van der Waals surface area contributed by atoms with Crippen LogP contribution in [0.3, 0.4) is 0 Å². The van der Waals surface area contributed by atoms with Gasteiger partial charge in [0, 0.05) is 11.6 Å². The second-order valence-corrected chi connectivity index (χ2v) is 7.12. The summed E-state index contributed by atoms with van der Waals surface area (Å²) in [5, 5.41) is 0. The maximum atomic E-state index is 6.64. The van der Waals surface area contributed by atoms with Crippen LogP contribution in [0.1, 0.15) is 69.0 Å². The van der Waals surface area contributed by atoms with E-state index >= 15 is 0 Å². The average Bonchev–Trinajstić information content (AvgIpc) is 2.90. The predicted molar refractivity (Wildman–Crippen MR) is 84.8 cm³/mol. The van der Waals surface area contributed by atoms with Crippen molar-refractivity contribution in [2.75, 3.05) is 13.1 Å². The Morgan fingerprint density at radius 3 is 2.45 bits per heavy atom. The van der Waals surface area contributed by atoms with Crippen molar-refractivity contribution < 1.29 is 0 Å². The highest BCUT2D eigenvalue weighted by atomic mass is 15.2. The van der Waals surface area contributed by atoms with Crippen LogP contribution in [0.25, 0.3) is 0 Å². The van der Waals surface area contributed by atoms with E-state index in [-0.39, 0.29) is 11.6 Å². The second-order valence-electron chi connectivity index (χ2n) is 7.12. The summed E-state index contributed by atoms with van der Waals surface area (Å²) in [5.74, 6) is 0.789. The molecule has 1 aliphatic carbocycles. The summed E-state index contributed by atoms with van der Waals surface area (Å²) in [5.41, 5.74) is 9.50. The summed E-state index contributed by atoms with van der Waals surface area (Å²) in [7, 11) is 0. The molecular formula is C18H28N2. The number of hydrogen-bond donors (Lipinski definition) is 1. The minimum Gasteiger partial charge on any atom is -0.322 e. The first-order valence-electron chi connectivity index (χ1n) is 8.19. The largest absolute Gasteiger partial charge is 0.322 e. The summed E-state index contributed by atoms with van der Waals surface area (Å²) in [6.07, 6.45) is 6.74. The maximum Gasteiger partial charge on any atom is 0.0476 e. The Bertz CT molecular complexity index is 456. The molecule has 2 nitrogen and oxygen atoms in total. The van der Waals surface area contributed by atoms with Crippen molar-refractivity contribution in [1.82, 2.24) is 4.90 Å². The lowest BCUT2D eigenvalue weighted by Crippen LogP contribution is -2.49. The van der Waals surface area contributed by atoms with E-state index in [0.717, 1.165) is 5.92 Å². The van der Waals surface area contributed by atoms with E-state index in [2.05, 4.69) is 43.0 Å². The molecule has 2 aliphatic rings. The zero-order chi connectivity index (χ0) is 14.2. The highest BCUT2D eigenvalue weighted by Crippen LogP contribution is 2.38. The van der Waals surface area contributed by atoms with Crippen molar-refractivity contribution in [3.05, 3.63) is 35.4 Å². The Morgan fingerprint density at radius 1 is 1.15 bits per heavy atom. The molecule has 1 saturated carbocycles. The van der Waals surface area contributed by atoms with Crippen LogP contribution in [0.4, 0.5) is 0 Å². The fourth-order valence-electron chi connectivity index (χ4n) is 3.65. The number of hydrogen-bond acceptors (Lipinski definition) is 2. The minimum absolute atomic E-state index is 0.0503. The van der Waals surface area contributed by atoms with Gasteiger partial charge in [0.05, 0.1) is 0 Å². The SMILES string of the molecule is CC(C)(C(N)c1cccc(C2CCC2)c1)N1CCCC1.